The van der Waals surface area contributed by atoms with Crippen LogP contribution in [0.2, 0.25) is 0 Å². The Hall–Kier alpha value is -2.20. The van der Waals surface area contributed by atoms with Gasteiger partial charge in [-0.3, -0.25) is 9.35 Å². The molecule has 0 spiro atoms. The lowest BCUT2D eigenvalue weighted by Gasteiger charge is -2.41. The quantitative estimate of drug-likeness (QED) is 0.0205. The molecule has 57 heavy (non-hydrogen) atoms. The van der Waals surface area contributed by atoms with E-state index in [0.717, 1.165) is 103 Å². The smallest absolute Gasteiger partial charge is 0.397 e. The first-order chi connectivity index (χ1) is 27.6. The number of aliphatic hydroxyl groups excluding tert-OH is 3. The predicted octanol–water partition coefficient (Wildman–Crippen LogP) is 8.57. The molecule has 13 heteroatoms. The van der Waals surface area contributed by atoms with Crippen LogP contribution in [-0.4, -0.2) is 97.5 Å². The second-order valence-electron chi connectivity index (χ2n) is 14.5. The Morgan fingerprint density at radius 2 is 1.21 bits per heavy atom. The van der Waals surface area contributed by atoms with Crippen LogP contribution >= 0.6 is 0 Å². The molecule has 1 saturated heterocycles. The van der Waals surface area contributed by atoms with Gasteiger partial charge in [0.05, 0.1) is 19.8 Å². The van der Waals surface area contributed by atoms with Crippen molar-refractivity contribution >= 4 is 16.4 Å². The third-order valence-electron chi connectivity index (χ3n) is 9.35. The van der Waals surface area contributed by atoms with E-state index in [1.165, 1.54) is 19.3 Å². The molecule has 330 valence electrons. The Morgan fingerprint density at radius 1 is 0.684 bits per heavy atom. The first-order valence-corrected chi connectivity index (χ1v) is 22.9. The number of allylic oxidation sites excluding steroid dienone is 10. The van der Waals surface area contributed by atoms with E-state index >= 15 is 0 Å². The highest BCUT2D eigenvalue weighted by atomic mass is 32.3. The Balaban J connectivity index is 2.45. The molecule has 1 aliphatic heterocycles. The molecule has 0 aromatic carbocycles. The number of unbranched alkanes of at least 4 members (excludes halogenated alkanes) is 13. The monoisotopic (exact) mass is 829 g/mol. The summed E-state index contributed by atoms with van der Waals surface area (Å²) in [5.41, 5.74) is 0. The van der Waals surface area contributed by atoms with Crippen molar-refractivity contribution in [3.05, 3.63) is 60.8 Å². The van der Waals surface area contributed by atoms with Crippen molar-refractivity contribution in [3.8, 4) is 0 Å². The lowest BCUT2D eigenvalue weighted by Crippen LogP contribution is -2.60. The van der Waals surface area contributed by atoms with E-state index in [1.54, 1.807) is 0 Å². The second-order valence-corrected chi connectivity index (χ2v) is 15.6. The Labute approximate surface area is 344 Å². The van der Waals surface area contributed by atoms with Gasteiger partial charge in [0, 0.05) is 13.0 Å². The van der Waals surface area contributed by atoms with Gasteiger partial charge in [-0.1, -0.05) is 132 Å². The highest BCUT2D eigenvalue weighted by Crippen LogP contribution is 2.26. The van der Waals surface area contributed by atoms with Crippen LogP contribution in [-0.2, 0) is 38.3 Å². The molecule has 1 aliphatic rings. The van der Waals surface area contributed by atoms with Crippen molar-refractivity contribution < 1.29 is 56.2 Å². The van der Waals surface area contributed by atoms with E-state index in [4.69, 9.17) is 23.5 Å². The van der Waals surface area contributed by atoms with Crippen LogP contribution in [0.5, 0.6) is 0 Å². The Morgan fingerprint density at radius 3 is 1.79 bits per heavy atom. The molecule has 6 atom stereocenters. The zero-order valence-corrected chi connectivity index (χ0v) is 35.7. The maximum Gasteiger partial charge on any atom is 0.397 e. The molecule has 12 nitrogen and oxygen atoms in total. The number of ether oxygens (including phenoxy) is 4. The van der Waals surface area contributed by atoms with Gasteiger partial charge < -0.3 is 34.3 Å². The summed E-state index contributed by atoms with van der Waals surface area (Å²) in [7, 11) is -5.06. The van der Waals surface area contributed by atoms with Crippen molar-refractivity contribution in [2.75, 3.05) is 26.4 Å². The van der Waals surface area contributed by atoms with Gasteiger partial charge >= 0.3 is 16.4 Å². The Bertz CT molecular complexity index is 1230. The van der Waals surface area contributed by atoms with E-state index < -0.39 is 59.8 Å². The standard InChI is InChI=1S/C44H76O12S/c1-3-5-7-9-11-13-15-16-17-18-19-20-21-22-23-25-27-29-31-33-40(46)54-38(36-52-34-32-30-28-26-24-14-12-10-8-6-4-2)37-53-44-42(48)43(56-57(49,50)51)41(47)39(35-45)55-44/h5,7-8,10-11,13,16-17,19-20,38-39,41-45,47-48H,3-4,6,9,12,14-15,18,21-37H2,1-2H3,(H,49,50,51)/b7-5-,10-8-,13-11-,17-16-,20-19-. The highest BCUT2D eigenvalue weighted by molar-refractivity contribution is 7.80. The minimum atomic E-state index is -5.06. The van der Waals surface area contributed by atoms with E-state index in [1.807, 2.05) is 0 Å². The zero-order chi connectivity index (χ0) is 41.8. The van der Waals surface area contributed by atoms with Crippen LogP contribution in [0.3, 0.4) is 0 Å². The van der Waals surface area contributed by atoms with Gasteiger partial charge in [-0.05, 0) is 70.6 Å². The fourth-order valence-electron chi connectivity index (χ4n) is 6.13. The average molecular weight is 829 g/mol. The van der Waals surface area contributed by atoms with Crippen LogP contribution in [0.4, 0.5) is 0 Å². The van der Waals surface area contributed by atoms with Crippen molar-refractivity contribution in [3.63, 3.8) is 0 Å². The minimum absolute atomic E-state index is 0.0227. The number of rotatable bonds is 36. The van der Waals surface area contributed by atoms with E-state index in [9.17, 15) is 28.5 Å². The summed E-state index contributed by atoms with van der Waals surface area (Å²) in [6.07, 6.45) is 34.0. The predicted molar refractivity (Wildman–Crippen MR) is 225 cm³/mol. The fraction of sp³-hybridized carbons (Fsp3) is 0.750. The molecule has 0 saturated carbocycles. The number of aliphatic hydroxyl groups is 3. The molecule has 6 unspecified atom stereocenters. The van der Waals surface area contributed by atoms with Gasteiger partial charge in [-0.25, -0.2) is 4.18 Å². The second kappa shape index (κ2) is 35.7. The van der Waals surface area contributed by atoms with Crippen molar-refractivity contribution in [2.45, 2.75) is 185 Å². The van der Waals surface area contributed by atoms with Gasteiger partial charge in [-0.2, -0.15) is 8.42 Å². The molecule has 0 aliphatic carbocycles. The molecule has 4 N–H and O–H groups in total. The highest BCUT2D eigenvalue weighted by Gasteiger charge is 2.48. The van der Waals surface area contributed by atoms with Gasteiger partial charge in [0.15, 0.2) is 6.29 Å². The van der Waals surface area contributed by atoms with Gasteiger partial charge in [0.1, 0.15) is 30.5 Å². The molecule has 0 radical (unpaired) electrons. The zero-order valence-electron chi connectivity index (χ0n) is 34.9. The van der Waals surface area contributed by atoms with E-state index in [-0.39, 0.29) is 19.6 Å². The van der Waals surface area contributed by atoms with E-state index in [0.29, 0.717) is 13.0 Å². The summed E-state index contributed by atoms with van der Waals surface area (Å²) in [6, 6.07) is 0. The number of esters is 1. The first-order valence-electron chi connectivity index (χ1n) is 21.5. The molecule has 0 amide bonds. The summed E-state index contributed by atoms with van der Waals surface area (Å²) in [4.78, 5) is 12.8. The first kappa shape index (κ1) is 52.8. The summed E-state index contributed by atoms with van der Waals surface area (Å²) in [6.45, 7) is 3.76. The molecule has 0 bridgehead atoms. The van der Waals surface area contributed by atoms with Crippen molar-refractivity contribution in [2.24, 2.45) is 0 Å². The minimum Gasteiger partial charge on any atom is -0.457 e. The van der Waals surface area contributed by atoms with Gasteiger partial charge in [0.25, 0.3) is 0 Å². The largest absolute Gasteiger partial charge is 0.457 e. The molecule has 0 aromatic rings. The molecule has 1 heterocycles. The molecular formula is C44H76O12S. The van der Waals surface area contributed by atoms with E-state index in [2.05, 4.69) is 78.8 Å². The average Bonchev–Trinajstić information content (AvgIpc) is 3.18. The summed E-state index contributed by atoms with van der Waals surface area (Å²) < 4.78 is 58.9. The van der Waals surface area contributed by atoms with Crippen molar-refractivity contribution in [1.82, 2.24) is 0 Å². The molecular weight excluding hydrogens is 753 g/mol. The number of carbonyl (C=O) groups is 1. The Kier molecular flexibility index (Phi) is 33.1. The van der Waals surface area contributed by atoms with Crippen LogP contribution in [0.25, 0.3) is 0 Å². The normalized spacial score (nSPS) is 21.3. The van der Waals surface area contributed by atoms with Crippen LogP contribution in [0.15, 0.2) is 60.8 Å². The maximum absolute atomic E-state index is 12.8. The van der Waals surface area contributed by atoms with Crippen LogP contribution in [0.1, 0.15) is 149 Å². The molecule has 1 fully saturated rings. The molecule has 0 aromatic heterocycles. The third-order valence-corrected chi connectivity index (χ3v) is 9.82. The number of hydrogen-bond acceptors (Lipinski definition) is 11. The third kappa shape index (κ3) is 29.6. The maximum atomic E-state index is 12.8. The lowest BCUT2D eigenvalue weighted by atomic mass is 9.99. The number of carbonyl (C=O) groups excluding carboxylic acids is 1. The summed E-state index contributed by atoms with van der Waals surface area (Å²) in [5, 5.41) is 30.6. The van der Waals surface area contributed by atoms with Crippen LogP contribution in [0, 0.1) is 0 Å². The summed E-state index contributed by atoms with van der Waals surface area (Å²) in [5.74, 6) is -0.419. The lowest BCUT2D eigenvalue weighted by molar-refractivity contribution is -0.301. The summed E-state index contributed by atoms with van der Waals surface area (Å²) >= 11 is 0. The van der Waals surface area contributed by atoms with Crippen molar-refractivity contribution in [1.29, 1.82) is 0 Å². The fourth-order valence-corrected chi connectivity index (χ4v) is 6.64. The SMILES string of the molecule is CC/C=C\C/C=C\C/C=C\C/C=C\CCCCCCCCC(=O)OC(COCCCCCCCC/C=C\CCC)COC1OC(CO)C(O)C(OS(=O)(=O)O)C1O. The number of hydrogen-bond donors (Lipinski definition) is 4. The van der Waals surface area contributed by atoms with Crippen LogP contribution < -0.4 is 0 Å². The topological polar surface area (TPSA) is 178 Å². The molecule has 1 rings (SSSR count). The van der Waals surface area contributed by atoms with Gasteiger partial charge in [-0.15, -0.1) is 0 Å². The van der Waals surface area contributed by atoms with Gasteiger partial charge in [0.2, 0.25) is 0 Å².